The molecule has 0 fully saturated rings. The van der Waals surface area contributed by atoms with Crippen LogP contribution in [0.25, 0.3) is 0 Å². The minimum Gasteiger partial charge on any atom is -0.299 e. The van der Waals surface area contributed by atoms with Gasteiger partial charge in [0.15, 0.2) is 0 Å². The van der Waals surface area contributed by atoms with Crippen molar-refractivity contribution in [2.75, 3.05) is 5.75 Å². The van der Waals surface area contributed by atoms with E-state index in [1.807, 2.05) is 24.3 Å². The molecule has 0 spiro atoms. The smallest absolute Gasteiger partial charge is 0.143 e. The summed E-state index contributed by atoms with van der Waals surface area (Å²) in [6.45, 7) is 4.31. The number of carbonyl (C=O) groups excluding carboxylic acids is 1. The van der Waals surface area contributed by atoms with Crippen molar-refractivity contribution < 1.29 is 4.79 Å². The summed E-state index contributed by atoms with van der Waals surface area (Å²) in [4.78, 5) is 13.0. The van der Waals surface area contributed by atoms with Crippen LogP contribution in [-0.4, -0.2) is 11.5 Å². The van der Waals surface area contributed by atoms with Crippen molar-refractivity contribution in [3.05, 3.63) is 28.7 Å². The van der Waals surface area contributed by atoms with Gasteiger partial charge >= 0.3 is 0 Å². The third-order valence-electron chi connectivity index (χ3n) is 2.90. The Bertz CT molecular complexity index is 361. The maximum atomic E-state index is 11.8. The highest BCUT2D eigenvalue weighted by molar-refractivity contribution is 9.10. The van der Waals surface area contributed by atoms with E-state index >= 15 is 0 Å². The first kappa shape index (κ1) is 14.8. The minimum absolute atomic E-state index is 0.361. The number of hydrogen-bond donors (Lipinski definition) is 0. The molecule has 94 valence electrons. The van der Waals surface area contributed by atoms with Crippen LogP contribution in [0, 0.1) is 5.92 Å². The number of halogens is 1. The zero-order chi connectivity index (χ0) is 12.7. The molecule has 0 aliphatic carbocycles. The fourth-order valence-electron chi connectivity index (χ4n) is 1.68. The van der Waals surface area contributed by atoms with Crippen molar-refractivity contribution in [1.82, 2.24) is 0 Å². The van der Waals surface area contributed by atoms with Crippen LogP contribution in [0.4, 0.5) is 0 Å². The molecule has 0 bridgehead atoms. The normalized spacial score (nSPS) is 10.8. The highest BCUT2D eigenvalue weighted by Crippen LogP contribution is 2.27. The molecule has 0 atom stereocenters. The van der Waals surface area contributed by atoms with Crippen molar-refractivity contribution in [2.45, 2.75) is 38.0 Å². The number of hydrogen-bond acceptors (Lipinski definition) is 2. The summed E-state index contributed by atoms with van der Waals surface area (Å²) in [5.74, 6) is 1.50. The maximum Gasteiger partial charge on any atom is 0.143 e. The predicted octanol–water partition coefficient (Wildman–Crippen LogP) is 4.94. The Kier molecular flexibility index (Phi) is 6.90. The van der Waals surface area contributed by atoms with E-state index in [2.05, 4.69) is 29.8 Å². The fourth-order valence-corrected chi connectivity index (χ4v) is 3.12. The molecule has 1 aromatic rings. The molecule has 1 nitrogen and oxygen atoms in total. The van der Waals surface area contributed by atoms with Crippen molar-refractivity contribution in [2.24, 2.45) is 5.92 Å². The molecule has 17 heavy (non-hydrogen) atoms. The van der Waals surface area contributed by atoms with Gasteiger partial charge in [0.1, 0.15) is 5.78 Å². The summed E-state index contributed by atoms with van der Waals surface area (Å²) in [5, 5.41) is 0. The van der Waals surface area contributed by atoms with E-state index in [9.17, 15) is 4.79 Å². The van der Waals surface area contributed by atoms with Gasteiger partial charge in [-0.15, -0.1) is 11.8 Å². The van der Waals surface area contributed by atoms with Gasteiger partial charge in [0, 0.05) is 15.8 Å². The number of thioether (sulfide) groups is 1. The average Bonchev–Trinajstić information content (AvgIpc) is 2.35. The first-order chi connectivity index (χ1) is 8.17. The summed E-state index contributed by atoms with van der Waals surface area (Å²) in [6.07, 6.45) is 2.92. The van der Waals surface area contributed by atoms with Crippen molar-refractivity contribution >= 4 is 33.5 Å². The van der Waals surface area contributed by atoms with Crippen LogP contribution in [0.15, 0.2) is 33.6 Å². The van der Waals surface area contributed by atoms with E-state index in [-0.39, 0.29) is 0 Å². The minimum atomic E-state index is 0.361. The van der Waals surface area contributed by atoms with E-state index in [0.29, 0.717) is 17.5 Å². The molecule has 0 radical (unpaired) electrons. The lowest BCUT2D eigenvalue weighted by atomic mass is 9.98. The van der Waals surface area contributed by atoms with Gasteiger partial charge in [-0.2, -0.15) is 0 Å². The zero-order valence-electron chi connectivity index (χ0n) is 10.4. The topological polar surface area (TPSA) is 17.1 Å². The van der Waals surface area contributed by atoms with Gasteiger partial charge in [0.25, 0.3) is 0 Å². The second-order valence-corrected chi connectivity index (χ2v) is 6.02. The highest BCUT2D eigenvalue weighted by Gasteiger charge is 2.11. The van der Waals surface area contributed by atoms with E-state index in [0.717, 1.165) is 28.6 Å². The van der Waals surface area contributed by atoms with Gasteiger partial charge in [-0.05, 0) is 34.0 Å². The third-order valence-corrected chi connectivity index (χ3v) is 4.98. The molecule has 0 aliphatic heterocycles. The van der Waals surface area contributed by atoms with Crippen LogP contribution in [0.3, 0.4) is 0 Å². The van der Waals surface area contributed by atoms with E-state index in [4.69, 9.17) is 0 Å². The largest absolute Gasteiger partial charge is 0.299 e. The molecule has 0 N–H and O–H groups in total. The van der Waals surface area contributed by atoms with E-state index in [1.165, 1.54) is 0 Å². The Hall–Kier alpha value is -0.280. The number of benzene rings is 1. The highest BCUT2D eigenvalue weighted by atomic mass is 79.9. The van der Waals surface area contributed by atoms with E-state index < -0.39 is 0 Å². The van der Waals surface area contributed by atoms with Crippen LogP contribution in [0.1, 0.15) is 33.1 Å². The lowest BCUT2D eigenvalue weighted by Gasteiger charge is -2.10. The summed E-state index contributed by atoms with van der Waals surface area (Å²) in [5.41, 5.74) is 0. The Morgan fingerprint density at radius 2 is 1.94 bits per heavy atom. The molecular formula is C14H19BrOS. The quantitative estimate of drug-likeness (QED) is 0.663. The summed E-state index contributed by atoms with van der Waals surface area (Å²) >= 11 is 5.11. The van der Waals surface area contributed by atoms with Crippen LogP contribution in [0.2, 0.25) is 0 Å². The second-order valence-electron chi connectivity index (χ2n) is 4.14. The molecule has 0 amide bonds. The maximum absolute atomic E-state index is 11.8. The summed E-state index contributed by atoms with van der Waals surface area (Å²) in [6, 6.07) is 8.03. The molecule has 0 saturated heterocycles. The second kappa shape index (κ2) is 7.93. The van der Waals surface area contributed by atoms with Crippen LogP contribution in [-0.2, 0) is 4.79 Å². The molecule has 1 rings (SSSR count). The average molecular weight is 315 g/mol. The molecule has 3 heteroatoms. The van der Waals surface area contributed by atoms with Crippen molar-refractivity contribution in [1.29, 1.82) is 0 Å². The molecule has 0 unspecified atom stereocenters. The Morgan fingerprint density at radius 1 is 1.29 bits per heavy atom. The monoisotopic (exact) mass is 314 g/mol. The first-order valence-corrected chi connectivity index (χ1v) is 7.84. The van der Waals surface area contributed by atoms with E-state index in [1.54, 1.807) is 11.8 Å². The SMILES string of the molecule is CCC(CC)CC(=O)CSc1ccccc1Br. The number of Topliss-reactive ketones (excluding diaryl/α,β-unsaturated/α-hetero) is 1. The first-order valence-electron chi connectivity index (χ1n) is 6.06. The summed E-state index contributed by atoms with van der Waals surface area (Å²) in [7, 11) is 0. The van der Waals surface area contributed by atoms with Crippen molar-refractivity contribution in [3.63, 3.8) is 0 Å². The lowest BCUT2D eigenvalue weighted by molar-refractivity contribution is -0.117. The molecule has 0 aliphatic rings. The Morgan fingerprint density at radius 3 is 2.53 bits per heavy atom. The number of carbonyl (C=O) groups is 1. The van der Waals surface area contributed by atoms with Gasteiger partial charge in [0.05, 0.1) is 5.75 Å². The molecule has 0 heterocycles. The Balaban J connectivity index is 2.41. The predicted molar refractivity (Wildman–Crippen MR) is 78.6 cm³/mol. The van der Waals surface area contributed by atoms with Gasteiger partial charge in [-0.25, -0.2) is 0 Å². The number of ketones is 1. The Labute approximate surface area is 117 Å². The van der Waals surface area contributed by atoms with Gasteiger partial charge in [0.2, 0.25) is 0 Å². The van der Waals surface area contributed by atoms with Crippen LogP contribution >= 0.6 is 27.7 Å². The van der Waals surface area contributed by atoms with Crippen LogP contribution < -0.4 is 0 Å². The molecule has 0 saturated carbocycles. The lowest BCUT2D eigenvalue weighted by Crippen LogP contribution is -2.09. The van der Waals surface area contributed by atoms with Crippen molar-refractivity contribution in [3.8, 4) is 0 Å². The van der Waals surface area contributed by atoms with Gasteiger partial charge in [-0.3, -0.25) is 4.79 Å². The number of rotatable bonds is 7. The fraction of sp³-hybridized carbons (Fsp3) is 0.500. The third kappa shape index (κ3) is 5.26. The zero-order valence-corrected chi connectivity index (χ0v) is 12.8. The van der Waals surface area contributed by atoms with Gasteiger partial charge in [-0.1, -0.05) is 38.8 Å². The molecule has 0 aromatic heterocycles. The molecular weight excluding hydrogens is 296 g/mol. The van der Waals surface area contributed by atoms with Gasteiger partial charge < -0.3 is 0 Å². The van der Waals surface area contributed by atoms with Crippen LogP contribution in [0.5, 0.6) is 0 Å². The molecule has 1 aromatic carbocycles. The summed E-state index contributed by atoms with van der Waals surface area (Å²) < 4.78 is 1.07. The standard InChI is InChI=1S/C14H19BrOS/c1-3-11(4-2)9-12(16)10-17-14-8-6-5-7-13(14)15/h5-8,11H,3-4,9-10H2,1-2H3.